The molecule has 0 bridgehead atoms. The number of benzene rings is 2. The largest absolute Gasteiger partial charge is 0.417 e. The lowest BCUT2D eigenvalue weighted by molar-refractivity contribution is -0.147. The van der Waals surface area contributed by atoms with E-state index < -0.39 is 36.0 Å². The zero-order valence-electron chi connectivity index (χ0n) is 31.6. The number of fused-ring (bicyclic) bond motifs is 2. The van der Waals surface area contributed by atoms with Crippen LogP contribution in [0, 0.1) is 5.92 Å². The molecule has 12 heteroatoms. The van der Waals surface area contributed by atoms with Crippen molar-refractivity contribution >= 4 is 40.2 Å². The van der Waals surface area contributed by atoms with Crippen molar-refractivity contribution in [2.75, 3.05) is 13.7 Å². The average Bonchev–Trinajstić information content (AvgIpc) is 3.54. The minimum Gasteiger partial charge on any atom is -0.417 e. The number of carbonyl (C=O) groups is 4. The van der Waals surface area contributed by atoms with Crippen LogP contribution in [0.3, 0.4) is 0 Å². The highest BCUT2D eigenvalue weighted by molar-refractivity contribution is 5.98. The van der Waals surface area contributed by atoms with E-state index in [9.17, 15) is 19.2 Å². The van der Waals surface area contributed by atoms with Crippen molar-refractivity contribution < 1.29 is 28.9 Å². The molecule has 5 atom stereocenters. The Morgan fingerprint density at radius 1 is 0.887 bits per heavy atom. The molecule has 3 heterocycles. The van der Waals surface area contributed by atoms with Crippen molar-refractivity contribution in [3.8, 4) is 0 Å². The Kier molecular flexibility index (Phi) is 14.3. The van der Waals surface area contributed by atoms with Crippen LogP contribution in [0.4, 0.5) is 0 Å². The third kappa shape index (κ3) is 10.2. The molecule has 1 unspecified atom stereocenters. The molecule has 3 N–H and O–H groups in total. The first-order valence-electron chi connectivity index (χ1n) is 19.3. The van der Waals surface area contributed by atoms with Gasteiger partial charge in [-0.2, -0.15) is 4.73 Å². The molecule has 53 heavy (non-hydrogen) atoms. The lowest BCUT2D eigenvalue weighted by atomic mass is 9.93. The summed E-state index contributed by atoms with van der Waals surface area (Å²) in [5.41, 5.74) is 3.66. The minimum atomic E-state index is -1.01. The highest BCUT2D eigenvalue weighted by Gasteiger charge is 2.41. The fourth-order valence-corrected chi connectivity index (χ4v) is 7.27. The van der Waals surface area contributed by atoms with Crippen LogP contribution < -0.4 is 20.8 Å². The van der Waals surface area contributed by atoms with Crippen LogP contribution in [-0.4, -0.2) is 76.8 Å². The van der Waals surface area contributed by atoms with E-state index in [0.717, 1.165) is 66.3 Å². The summed E-state index contributed by atoms with van der Waals surface area (Å²) in [6.07, 6.45) is 8.94. The fourth-order valence-electron chi connectivity index (χ4n) is 7.27. The van der Waals surface area contributed by atoms with Crippen LogP contribution in [0.15, 0.2) is 65.9 Å². The monoisotopic (exact) mass is 728 g/mol. The van der Waals surface area contributed by atoms with E-state index in [-0.39, 0.29) is 24.2 Å². The second-order valence-electron chi connectivity index (χ2n) is 14.3. The van der Waals surface area contributed by atoms with Gasteiger partial charge in [-0.1, -0.05) is 93.7 Å². The smallest absolute Gasteiger partial charge is 0.246 e. The Balaban J connectivity index is 1.33. The number of amides is 4. The van der Waals surface area contributed by atoms with Gasteiger partial charge >= 0.3 is 0 Å². The summed E-state index contributed by atoms with van der Waals surface area (Å²) in [4.78, 5) is 69.2. The number of rotatable bonds is 15. The van der Waals surface area contributed by atoms with Crippen molar-refractivity contribution in [2.45, 2.75) is 122 Å². The Hall–Kier alpha value is -4.87. The number of carbonyl (C=O) groups excluding carboxylic acids is 4. The lowest BCUT2D eigenvalue weighted by Crippen LogP contribution is -2.64. The maximum Gasteiger partial charge on any atom is 0.246 e. The Bertz CT molecular complexity index is 1720. The van der Waals surface area contributed by atoms with Gasteiger partial charge in [-0.15, -0.1) is 0 Å². The van der Waals surface area contributed by atoms with E-state index in [0.29, 0.717) is 38.8 Å². The van der Waals surface area contributed by atoms with E-state index in [1.165, 1.54) is 0 Å². The molecule has 0 saturated carbocycles. The summed E-state index contributed by atoms with van der Waals surface area (Å²) in [7, 11) is 1.57. The van der Waals surface area contributed by atoms with Gasteiger partial charge in [0.1, 0.15) is 37.9 Å². The summed E-state index contributed by atoms with van der Waals surface area (Å²) in [5.74, 6) is -1.64. The predicted octanol–water partition coefficient (Wildman–Crippen LogP) is 5.07. The van der Waals surface area contributed by atoms with Gasteiger partial charge in [-0.25, -0.2) is 0 Å². The van der Waals surface area contributed by atoms with Crippen molar-refractivity contribution in [3.05, 3.63) is 71.9 Å². The number of nitrogens with zero attached hydrogens (tertiary/aromatic N) is 3. The van der Waals surface area contributed by atoms with Gasteiger partial charge in [0.15, 0.2) is 0 Å². The molecule has 5 rings (SSSR count). The molecular formula is C41H56N6O6. The molecule has 2 aliphatic rings. The molecule has 3 aromatic rings. The summed E-state index contributed by atoms with van der Waals surface area (Å²) < 4.78 is 1.63. The second-order valence-corrected chi connectivity index (χ2v) is 14.3. The maximum atomic E-state index is 14.2. The zero-order valence-corrected chi connectivity index (χ0v) is 31.6. The molecule has 2 fully saturated rings. The number of piperidine rings is 1. The van der Waals surface area contributed by atoms with E-state index in [2.05, 4.69) is 28.0 Å². The van der Waals surface area contributed by atoms with E-state index in [4.69, 9.17) is 9.68 Å². The summed E-state index contributed by atoms with van der Waals surface area (Å²) in [6, 6.07) is 14.2. The molecule has 1 aromatic heterocycles. The Labute approximate surface area is 313 Å². The van der Waals surface area contributed by atoms with Crippen LogP contribution in [0.2, 0.25) is 0 Å². The number of unbranched alkanes of at least 4 members (excludes halogenated alkanes) is 2. The fraction of sp³-hybridized carbons (Fsp3) is 0.537. The van der Waals surface area contributed by atoms with Gasteiger partial charge in [0.05, 0.1) is 11.2 Å². The first kappa shape index (κ1) is 39.3. The highest BCUT2D eigenvalue weighted by atomic mass is 16.6. The first-order valence-corrected chi connectivity index (χ1v) is 19.3. The summed E-state index contributed by atoms with van der Waals surface area (Å²) in [6.45, 7) is 6.79. The van der Waals surface area contributed by atoms with Gasteiger partial charge in [-0.3, -0.25) is 19.2 Å². The van der Waals surface area contributed by atoms with E-state index in [1.54, 1.807) is 16.7 Å². The number of aromatic nitrogens is 1. The summed E-state index contributed by atoms with van der Waals surface area (Å²) >= 11 is 0. The van der Waals surface area contributed by atoms with Gasteiger partial charge in [-0.05, 0) is 68.1 Å². The number of oxime groups is 1. The van der Waals surface area contributed by atoms with Crippen molar-refractivity contribution in [2.24, 2.45) is 11.1 Å². The maximum absolute atomic E-state index is 14.2. The second kappa shape index (κ2) is 19.3. The number of nitrogens with one attached hydrogen (secondary N) is 3. The van der Waals surface area contributed by atoms with Gasteiger partial charge in [0, 0.05) is 24.5 Å². The van der Waals surface area contributed by atoms with Crippen LogP contribution in [0.1, 0.15) is 96.1 Å². The number of hydrogen-bond acceptors (Lipinski definition) is 7. The average molecular weight is 729 g/mol. The van der Waals surface area contributed by atoms with Gasteiger partial charge in [0.2, 0.25) is 23.6 Å². The topological polar surface area (TPSA) is 143 Å². The van der Waals surface area contributed by atoms with E-state index in [1.807, 2.05) is 74.6 Å². The van der Waals surface area contributed by atoms with Crippen LogP contribution in [0.25, 0.3) is 10.9 Å². The number of para-hydroxylation sites is 1. The van der Waals surface area contributed by atoms with Crippen LogP contribution in [-0.2, 0) is 37.0 Å². The molecule has 0 radical (unpaired) electrons. The summed E-state index contributed by atoms with van der Waals surface area (Å²) in [5, 5.41) is 14.3. The van der Waals surface area contributed by atoms with Gasteiger partial charge in [0.25, 0.3) is 0 Å². The molecule has 2 saturated heterocycles. The van der Waals surface area contributed by atoms with Crippen LogP contribution in [0.5, 0.6) is 0 Å². The van der Waals surface area contributed by atoms with Crippen LogP contribution >= 0.6 is 0 Å². The third-order valence-corrected chi connectivity index (χ3v) is 10.6. The molecule has 286 valence electrons. The quantitative estimate of drug-likeness (QED) is 0.113. The molecule has 0 aliphatic carbocycles. The molecule has 4 amide bonds. The van der Waals surface area contributed by atoms with Crippen molar-refractivity contribution in [1.29, 1.82) is 0 Å². The Morgan fingerprint density at radius 3 is 2.38 bits per heavy atom. The third-order valence-electron chi connectivity index (χ3n) is 10.6. The lowest BCUT2D eigenvalue weighted by Gasteiger charge is -2.39. The van der Waals surface area contributed by atoms with Gasteiger partial charge < -0.3 is 30.5 Å². The minimum absolute atomic E-state index is 0.161. The first-order chi connectivity index (χ1) is 25.7. The molecule has 12 nitrogen and oxygen atoms in total. The normalized spacial score (nSPS) is 22.2. The molecular weight excluding hydrogens is 672 g/mol. The van der Waals surface area contributed by atoms with E-state index >= 15 is 0 Å². The predicted molar refractivity (Wildman–Crippen MR) is 205 cm³/mol. The highest BCUT2D eigenvalue weighted by Crippen LogP contribution is 2.25. The van der Waals surface area contributed by atoms with Crippen molar-refractivity contribution in [1.82, 2.24) is 25.6 Å². The standard InChI is InChI=1S/C41H56N6O6/c1-5-28(3)37-41(51)46-24-16-15-23-36(46)40(50)42-33(21-12-8-11-19-31(6-2)45-53-27-29-17-9-7-10-18-29)38(48)43-34(39(49)44-37)25-30-26-47(52-4)35-22-14-13-20-32(30)35/h7,9-10,13-14,17-18,20,22,26,28,33-34,36-37H,5-6,8,11-12,15-16,19,21,23-25,27H2,1-4H3,(H,42,50)(H,43,48)(H,44,49)/b45-31-/t28?,33-,34-,36+,37-/m0/s1. The van der Waals surface area contributed by atoms with Crippen molar-refractivity contribution in [3.63, 3.8) is 0 Å². The SMILES string of the molecule is CC/C(CCCCC[C@@H]1NC(=O)[C@H]2CCCCN2C(=O)[C@H](C(C)CC)NC(=O)[C@H](Cc2cn(OC)c3ccccc23)NC1=O)=N/OCc1ccccc1. The zero-order chi connectivity index (χ0) is 37.7. The molecule has 2 aromatic carbocycles. The molecule has 2 aliphatic heterocycles. The Morgan fingerprint density at radius 2 is 1.62 bits per heavy atom. The molecule has 0 spiro atoms. The number of hydrogen-bond donors (Lipinski definition) is 3.